The van der Waals surface area contributed by atoms with E-state index in [-0.39, 0.29) is 18.1 Å². The molecule has 1 saturated heterocycles. The summed E-state index contributed by atoms with van der Waals surface area (Å²) in [5.74, 6) is 0.981. The van der Waals surface area contributed by atoms with E-state index in [1.165, 1.54) is 10.4 Å². The molecule has 0 bridgehead atoms. The Kier molecular flexibility index (Phi) is 4.19. The van der Waals surface area contributed by atoms with Crippen LogP contribution in [-0.4, -0.2) is 24.1 Å². The molecule has 126 valence electrons. The van der Waals surface area contributed by atoms with Gasteiger partial charge in [0.25, 0.3) is 0 Å². The Morgan fingerprint density at radius 2 is 2.33 bits per heavy atom. The zero-order chi connectivity index (χ0) is 16.5. The maximum atomic E-state index is 12.8. The third kappa shape index (κ3) is 2.88. The molecular weight excluding hydrogens is 320 g/mol. The highest BCUT2D eigenvalue weighted by molar-refractivity contribution is 7.10. The van der Waals surface area contributed by atoms with Gasteiger partial charge in [-0.15, -0.1) is 11.3 Å². The van der Waals surface area contributed by atoms with E-state index in [2.05, 4.69) is 35.0 Å². The third-order valence-electron chi connectivity index (χ3n) is 4.94. The van der Waals surface area contributed by atoms with E-state index in [0.29, 0.717) is 0 Å². The van der Waals surface area contributed by atoms with Gasteiger partial charge in [0.2, 0.25) is 0 Å². The zero-order valence-electron chi connectivity index (χ0n) is 13.8. The number of fused-ring (bicyclic) bond motifs is 1. The predicted molar refractivity (Wildman–Crippen MR) is 95.6 cm³/mol. The van der Waals surface area contributed by atoms with Crippen LogP contribution >= 0.6 is 11.3 Å². The predicted octanol–water partition coefficient (Wildman–Crippen LogP) is 4.29. The van der Waals surface area contributed by atoms with Gasteiger partial charge in [-0.3, -0.25) is 0 Å². The minimum absolute atomic E-state index is 0.00649. The molecule has 5 heteroatoms. The van der Waals surface area contributed by atoms with Crippen LogP contribution in [0.5, 0.6) is 5.75 Å². The summed E-state index contributed by atoms with van der Waals surface area (Å²) in [6.07, 6.45) is 3.08. The van der Waals surface area contributed by atoms with Gasteiger partial charge in [-0.2, -0.15) is 0 Å². The van der Waals surface area contributed by atoms with Crippen LogP contribution in [0.2, 0.25) is 0 Å². The summed E-state index contributed by atoms with van der Waals surface area (Å²) in [7, 11) is 0. The molecule has 4 nitrogen and oxygen atoms in total. The largest absolute Gasteiger partial charge is 0.493 e. The minimum atomic E-state index is -0.00649. The average Bonchev–Trinajstić information content (AvgIpc) is 3.32. The van der Waals surface area contributed by atoms with Crippen LogP contribution in [0, 0.1) is 0 Å². The summed E-state index contributed by atoms with van der Waals surface area (Å²) in [5, 5.41) is 5.25. The van der Waals surface area contributed by atoms with Crippen molar-refractivity contribution in [2.24, 2.45) is 0 Å². The number of hydrogen-bond donors (Lipinski definition) is 1. The van der Waals surface area contributed by atoms with Crippen LogP contribution in [-0.2, 0) is 6.42 Å². The lowest BCUT2D eigenvalue weighted by atomic mass is 10.0. The van der Waals surface area contributed by atoms with Gasteiger partial charge in [-0.05, 0) is 54.5 Å². The molecule has 0 spiro atoms. The summed E-state index contributed by atoms with van der Waals surface area (Å²) < 4.78 is 5.56. The summed E-state index contributed by atoms with van der Waals surface area (Å²) in [6.45, 7) is 3.64. The van der Waals surface area contributed by atoms with Crippen LogP contribution in [0.25, 0.3) is 0 Å². The van der Waals surface area contributed by atoms with Gasteiger partial charge < -0.3 is 15.0 Å². The average molecular weight is 342 g/mol. The molecule has 1 aromatic heterocycles. The first-order valence-electron chi connectivity index (χ1n) is 8.58. The molecule has 2 amide bonds. The molecule has 1 aromatic carbocycles. The monoisotopic (exact) mass is 342 g/mol. The molecule has 24 heavy (non-hydrogen) atoms. The molecule has 0 aliphatic carbocycles. The summed E-state index contributed by atoms with van der Waals surface area (Å²) in [5.41, 5.74) is 2.38. The van der Waals surface area contributed by atoms with Crippen LogP contribution in [0.3, 0.4) is 0 Å². The smallest absolute Gasteiger partial charge is 0.318 e. The highest BCUT2D eigenvalue weighted by Crippen LogP contribution is 2.35. The van der Waals surface area contributed by atoms with Crippen molar-refractivity contribution in [1.29, 1.82) is 0 Å². The molecule has 4 rings (SSSR count). The second-order valence-electron chi connectivity index (χ2n) is 6.50. The Balaban J connectivity index is 1.45. The molecule has 0 unspecified atom stereocenters. The van der Waals surface area contributed by atoms with Gasteiger partial charge >= 0.3 is 6.03 Å². The first-order chi connectivity index (χ1) is 11.7. The van der Waals surface area contributed by atoms with E-state index < -0.39 is 0 Å². The standard InChI is InChI=1S/C19H22N2O2S/c1-13(14-6-7-17-15(12-14)8-10-23-17)20-19(22)21-9-2-4-16(21)18-5-3-11-24-18/h3,5-7,11-13,16H,2,4,8-10H2,1H3,(H,20,22)/t13-,16+/m0/s1. The molecule has 1 N–H and O–H groups in total. The SMILES string of the molecule is C[C@H](NC(=O)N1CCC[C@@H]1c1cccs1)c1ccc2c(c1)CCO2. The van der Waals surface area contributed by atoms with Crippen molar-refractivity contribution in [2.75, 3.05) is 13.2 Å². The van der Waals surface area contributed by atoms with E-state index in [1.54, 1.807) is 11.3 Å². The summed E-state index contributed by atoms with van der Waals surface area (Å²) >= 11 is 1.73. The van der Waals surface area contributed by atoms with Crippen LogP contribution in [0.4, 0.5) is 4.79 Å². The number of carbonyl (C=O) groups excluding carboxylic acids is 1. The first kappa shape index (κ1) is 15.5. The molecule has 2 atom stereocenters. The Hall–Kier alpha value is -2.01. The number of carbonyl (C=O) groups is 1. The number of benzene rings is 1. The number of urea groups is 1. The van der Waals surface area contributed by atoms with Gasteiger partial charge in [0.1, 0.15) is 5.75 Å². The lowest BCUT2D eigenvalue weighted by Crippen LogP contribution is -2.40. The maximum absolute atomic E-state index is 12.8. The Morgan fingerprint density at radius 1 is 1.42 bits per heavy atom. The quantitative estimate of drug-likeness (QED) is 0.904. The summed E-state index contributed by atoms with van der Waals surface area (Å²) in [4.78, 5) is 16.0. The maximum Gasteiger partial charge on any atom is 0.318 e. The Morgan fingerprint density at radius 3 is 3.17 bits per heavy atom. The Bertz CT molecular complexity index is 729. The van der Waals surface area contributed by atoms with Crippen molar-refractivity contribution >= 4 is 17.4 Å². The molecule has 2 aliphatic heterocycles. The van der Waals surface area contributed by atoms with Crippen molar-refractivity contribution in [3.05, 3.63) is 51.7 Å². The molecule has 3 heterocycles. The van der Waals surface area contributed by atoms with Gasteiger partial charge in [0.05, 0.1) is 18.7 Å². The van der Waals surface area contributed by atoms with E-state index >= 15 is 0 Å². The topological polar surface area (TPSA) is 41.6 Å². The highest BCUT2D eigenvalue weighted by atomic mass is 32.1. The second kappa shape index (κ2) is 6.48. The van der Waals surface area contributed by atoms with E-state index in [9.17, 15) is 4.79 Å². The lowest BCUT2D eigenvalue weighted by Gasteiger charge is -2.26. The van der Waals surface area contributed by atoms with Gasteiger partial charge in [0.15, 0.2) is 0 Å². The van der Waals surface area contributed by atoms with Crippen molar-refractivity contribution in [3.63, 3.8) is 0 Å². The van der Waals surface area contributed by atoms with Crippen molar-refractivity contribution < 1.29 is 9.53 Å². The number of amides is 2. The molecular formula is C19H22N2O2S. The second-order valence-corrected chi connectivity index (χ2v) is 7.48. The molecule has 0 saturated carbocycles. The molecule has 0 radical (unpaired) electrons. The van der Waals surface area contributed by atoms with Crippen LogP contribution < -0.4 is 10.1 Å². The molecule has 2 aliphatic rings. The fourth-order valence-electron chi connectivity index (χ4n) is 3.61. The highest BCUT2D eigenvalue weighted by Gasteiger charge is 2.31. The third-order valence-corrected chi connectivity index (χ3v) is 5.91. The van der Waals surface area contributed by atoms with Crippen molar-refractivity contribution in [1.82, 2.24) is 10.2 Å². The number of likely N-dealkylation sites (tertiary alicyclic amines) is 1. The van der Waals surface area contributed by atoms with E-state index in [4.69, 9.17) is 4.74 Å². The number of hydrogen-bond acceptors (Lipinski definition) is 3. The fraction of sp³-hybridized carbons (Fsp3) is 0.421. The van der Waals surface area contributed by atoms with Gasteiger partial charge in [0, 0.05) is 17.8 Å². The van der Waals surface area contributed by atoms with Crippen LogP contribution in [0.15, 0.2) is 35.7 Å². The van der Waals surface area contributed by atoms with Gasteiger partial charge in [-0.1, -0.05) is 12.1 Å². The van der Waals surface area contributed by atoms with E-state index in [1.807, 2.05) is 17.9 Å². The Labute approximate surface area is 146 Å². The fourth-order valence-corrected chi connectivity index (χ4v) is 4.49. The number of nitrogens with zero attached hydrogens (tertiary/aromatic N) is 1. The van der Waals surface area contributed by atoms with E-state index in [0.717, 1.165) is 43.7 Å². The number of rotatable bonds is 3. The number of nitrogens with one attached hydrogen (secondary N) is 1. The lowest BCUT2D eigenvalue weighted by molar-refractivity contribution is 0.190. The van der Waals surface area contributed by atoms with Crippen molar-refractivity contribution in [3.8, 4) is 5.75 Å². The van der Waals surface area contributed by atoms with Crippen molar-refractivity contribution in [2.45, 2.75) is 38.3 Å². The minimum Gasteiger partial charge on any atom is -0.493 e. The zero-order valence-corrected chi connectivity index (χ0v) is 14.6. The number of ether oxygens (including phenoxy) is 1. The molecule has 2 aromatic rings. The number of thiophene rings is 1. The van der Waals surface area contributed by atoms with Crippen LogP contribution in [0.1, 0.15) is 47.9 Å². The van der Waals surface area contributed by atoms with Gasteiger partial charge in [-0.25, -0.2) is 4.79 Å². The molecule has 1 fully saturated rings. The normalized spacial score (nSPS) is 20.5. The first-order valence-corrected chi connectivity index (χ1v) is 9.46. The summed E-state index contributed by atoms with van der Waals surface area (Å²) in [6, 6.07) is 10.7.